The third kappa shape index (κ3) is 4.63. The molecule has 2 atom stereocenters. The second-order valence-electron chi connectivity index (χ2n) is 8.99. The van der Waals surface area contributed by atoms with Crippen molar-refractivity contribution < 1.29 is 19.1 Å². The Morgan fingerprint density at radius 2 is 1.74 bits per heavy atom. The second kappa shape index (κ2) is 9.85. The Morgan fingerprint density at radius 3 is 2.35 bits per heavy atom. The smallest absolute Gasteiger partial charge is 0.326 e. The molecule has 4 amide bonds. The first-order valence-corrected chi connectivity index (χ1v) is 11.8. The minimum atomic E-state index is -1.21. The molecule has 8 heteroatoms. The zero-order chi connectivity index (χ0) is 24.3. The highest BCUT2D eigenvalue weighted by Crippen LogP contribution is 2.30. The predicted octanol–water partition coefficient (Wildman–Crippen LogP) is 3.27. The van der Waals surface area contributed by atoms with Gasteiger partial charge in [0.25, 0.3) is 5.91 Å². The van der Waals surface area contributed by atoms with Gasteiger partial charge in [-0.1, -0.05) is 37.6 Å². The van der Waals surface area contributed by atoms with Crippen molar-refractivity contribution in [3.63, 3.8) is 0 Å². The minimum absolute atomic E-state index is 0.426. The molecule has 0 aromatic heterocycles. The summed E-state index contributed by atoms with van der Waals surface area (Å²) in [6.07, 6.45) is 1.98. The number of nitrogens with zero attached hydrogens (tertiary/aromatic N) is 2. The van der Waals surface area contributed by atoms with E-state index in [1.807, 2.05) is 48.5 Å². The summed E-state index contributed by atoms with van der Waals surface area (Å²) >= 11 is 0. The summed E-state index contributed by atoms with van der Waals surface area (Å²) in [7, 11) is 0. The van der Waals surface area contributed by atoms with E-state index in [2.05, 4.69) is 22.5 Å². The van der Waals surface area contributed by atoms with Crippen molar-refractivity contribution in [1.82, 2.24) is 10.2 Å². The third-order valence-corrected chi connectivity index (χ3v) is 6.57. The van der Waals surface area contributed by atoms with E-state index in [4.69, 9.17) is 4.74 Å². The Balaban J connectivity index is 1.43. The van der Waals surface area contributed by atoms with Gasteiger partial charge < -0.3 is 20.3 Å². The zero-order valence-corrected chi connectivity index (χ0v) is 20.0. The number of urea groups is 1. The topological polar surface area (TPSA) is 91.0 Å². The van der Waals surface area contributed by atoms with Crippen LogP contribution in [0.25, 0.3) is 0 Å². The van der Waals surface area contributed by atoms with Crippen LogP contribution in [0.15, 0.2) is 48.5 Å². The molecule has 2 heterocycles. The maximum Gasteiger partial charge on any atom is 0.326 e. The average molecular weight is 465 g/mol. The summed E-state index contributed by atoms with van der Waals surface area (Å²) in [6, 6.07) is 13.7. The Hall–Kier alpha value is -3.39. The van der Waals surface area contributed by atoms with Gasteiger partial charge in [-0.15, -0.1) is 0 Å². The Kier molecular flexibility index (Phi) is 6.88. The van der Waals surface area contributed by atoms with Crippen LogP contribution in [-0.4, -0.2) is 55.1 Å². The highest BCUT2D eigenvalue weighted by Gasteiger charge is 2.51. The number of benzene rings is 2. The number of nitrogens with one attached hydrogen (secondary N) is 2. The van der Waals surface area contributed by atoms with Crippen molar-refractivity contribution in [1.29, 1.82) is 0 Å². The molecule has 0 aliphatic carbocycles. The molecule has 0 saturated carbocycles. The molecule has 8 nitrogen and oxygen atoms in total. The highest BCUT2D eigenvalue weighted by molar-refractivity contribution is 6.11. The fraction of sp³-hybridized carbons (Fsp3) is 0.423. The van der Waals surface area contributed by atoms with Crippen LogP contribution < -0.4 is 15.5 Å². The SMILES string of the molecule is CCCc1ccc([C@]2(C)NC(=O)N([C@@H](C)C(=O)Nc3ccc(N4CCOCC4)cc3)C2=O)cc1. The summed E-state index contributed by atoms with van der Waals surface area (Å²) < 4.78 is 5.38. The Labute approximate surface area is 200 Å². The van der Waals surface area contributed by atoms with Gasteiger partial charge in [0.2, 0.25) is 5.91 Å². The van der Waals surface area contributed by atoms with Crippen molar-refractivity contribution >= 4 is 29.2 Å². The summed E-state index contributed by atoms with van der Waals surface area (Å²) in [5.41, 5.74) is 2.32. The standard InChI is InChI=1S/C26H32N4O4/c1-4-5-19-6-8-20(9-7-19)26(3)24(32)30(25(33)28-26)18(2)23(31)27-21-10-12-22(13-11-21)29-14-16-34-17-15-29/h6-13,18H,4-5,14-17H2,1-3H3,(H,27,31)(H,28,33)/t18-,26-/m0/s1. The first-order chi connectivity index (χ1) is 16.3. The number of carbonyl (C=O) groups is 3. The molecular formula is C26H32N4O4. The van der Waals surface area contributed by atoms with Crippen LogP contribution in [0.3, 0.4) is 0 Å². The quantitative estimate of drug-likeness (QED) is 0.614. The number of hydrogen-bond acceptors (Lipinski definition) is 5. The van der Waals surface area contributed by atoms with Crippen molar-refractivity contribution in [3.8, 4) is 0 Å². The van der Waals surface area contributed by atoms with E-state index in [0.29, 0.717) is 24.5 Å². The number of morpholine rings is 1. The Bertz CT molecular complexity index is 1050. The lowest BCUT2D eigenvalue weighted by Crippen LogP contribution is -2.47. The van der Waals surface area contributed by atoms with Crippen LogP contribution in [0, 0.1) is 0 Å². The van der Waals surface area contributed by atoms with Crippen LogP contribution in [0.5, 0.6) is 0 Å². The summed E-state index contributed by atoms with van der Waals surface area (Å²) in [6.45, 7) is 8.40. The van der Waals surface area contributed by atoms with E-state index in [-0.39, 0.29) is 0 Å². The molecule has 0 bridgehead atoms. The number of amides is 4. The molecule has 0 spiro atoms. The van der Waals surface area contributed by atoms with Gasteiger partial charge in [0.1, 0.15) is 11.6 Å². The highest BCUT2D eigenvalue weighted by atomic mass is 16.5. The van der Waals surface area contributed by atoms with E-state index in [9.17, 15) is 14.4 Å². The van der Waals surface area contributed by atoms with E-state index >= 15 is 0 Å². The van der Waals surface area contributed by atoms with E-state index in [1.54, 1.807) is 13.8 Å². The van der Waals surface area contributed by atoms with Gasteiger partial charge in [0.15, 0.2) is 0 Å². The molecule has 2 N–H and O–H groups in total. The molecule has 2 aromatic rings. The predicted molar refractivity (Wildman–Crippen MR) is 131 cm³/mol. The van der Waals surface area contributed by atoms with Gasteiger partial charge in [-0.2, -0.15) is 0 Å². The van der Waals surface area contributed by atoms with Crippen LogP contribution in [0.2, 0.25) is 0 Å². The molecular weight excluding hydrogens is 432 g/mol. The van der Waals surface area contributed by atoms with E-state index < -0.39 is 29.4 Å². The number of rotatable bonds is 7. The first-order valence-electron chi connectivity index (χ1n) is 11.8. The molecule has 2 aliphatic rings. The lowest BCUT2D eigenvalue weighted by Gasteiger charge is -2.29. The number of imide groups is 1. The molecule has 2 saturated heterocycles. The lowest BCUT2D eigenvalue weighted by atomic mass is 9.90. The van der Waals surface area contributed by atoms with Crippen molar-refractivity contribution in [2.45, 2.75) is 45.2 Å². The van der Waals surface area contributed by atoms with Crippen molar-refractivity contribution in [2.24, 2.45) is 0 Å². The number of ether oxygens (including phenoxy) is 1. The van der Waals surface area contributed by atoms with Gasteiger partial charge in [0.05, 0.1) is 13.2 Å². The Morgan fingerprint density at radius 1 is 1.09 bits per heavy atom. The molecule has 2 fully saturated rings. The molecule has 0 radical (unpaired) electrons. The van der Waals surface area contributed by atoms with Gasteiger partial charge in [-0.25, -0.2) is 9.69 Å². The number of carbonyl (C=O) groups excluding carboxylic acids is 3. The molecule has 34 heavy (non-hydrogen) atoms. The second-order valence-corrected chi connectivity index (χ2v) is 8.99. The van der Waals surface area contributed by atoms with Crippen LogP contribution in [0.4, 0.5) is 16.2 Å². The zero-order valence-electron chi connectivity index (χ0n) is 20.0. The normalized spacial score (nSPS) is 21.4. The number of anilines is 2. The summed E-state index contributed by atoms with van der Waals surface area (Å²) in [5.74, 6) is -0.865. The van der Waals surface area contributed by atoms with E-state index in [0.717, 1.165) is 36.5 Å². The van der Waals surface area contributed by atoms with Crippen molar-refractivity contribution in [3.05, 3.63) is 59.7 Å². The average Bonchev–Trinajstić information content (AvgIpc) is 3.08. The minimum Gasteiger partial charge on any atom is -0.378 e. The third-order valence-electron chi connectivity index (χ3n) is 6.57. The van der Waals surface area contributed by atoms with Gasteiger partial charge in [-0.05, 0) is 55.7 Å². The summed E-state index contributed by atoms with van der Waals surface area (Å²) in [5, 5.41) is 5.61. The maximum atomic E-state index is 13.3. The van der Waals surface area contributed by atoms with Crippen LogP contribution in [-0.2, 0) is 26.3 Å². The number of aryl methyl sites for hydroxylation is 1. The maximum absolute atomic E-state index is 13.3. The fourth-order valence-corrected chi connectivity index (χ4v) is 4.44. The van der Waals surface area contributed by atoms with Gasteiger partial charge in [0, 0.05) is 24.5 Å². The largest absolute Gasteiger partial charge is 0.378 e. The molecule has 180 valence electrons. The van der Waals surface area contributed by atoms with E-state index in [1.165, 1.54) is 5.56 Å². The molecule has 0 unspecified atom stereocenters. The van der Waals surface area contributed by atoms with Crippen LogP contribution in [0.1, 0.15) is 38.3 Å². The summed E-state index contributed by atoms with van der Waals surface area (Å²) in [4.78, 5) is 42.2. The lowest BCUT2D eigenvalue weighted by molar-refractivity contribution is -0.136. The fourth-order valence-electron chi connectivity index (χ4n) is 4.44. The molecule has 4 rings (SSSR count). The monoisotopic (exact) mass is 464 g/mol. The van der Waals surface area contributed by atoms with Crippen LogP contribution >= 0.6 is 0 Å². The first kappa shape index (κ1) is 23.8. The van der Waals surface area contributed by atoms with Gasteiger partial charge >= 0.3 is 6.03 Å². The molecule has 2 aromatic carbocycles. The van der Waals surface area contributed by atoms with Gasteiger partial charge in [-0.3, -0.25) is 9.59 Å². The van der Waals surface area contributed by atoms with Crippen molar-refractivity contribution in [2.75, 3.05) is 36.5 Å². The number of hydrogen-bond donors (Lipinski definition) is 2. The molecule has 2 aliphatic heterocycles.